The van der Waals surface area contributed by atoms with Crippen LogP contribution in [0.5, 0.6) is 0 Å². The molecule has 0 spiro atoms. The van der Waals surface area contributed by atoms with Crippen LogP contribution in [-0.4, -0.2) is 5.91 Å². The van der Waals surface area contributed by atoms with Gasteiger partial charge in [0, 0.05) is 5.69 Å². The molecule has 0 saturated heterocycles. The summed E-state index contributed by atoms with van der Waals surface area (Å²) in [5, 5.41) is 3.78. The second-order valence-electron chi connectivity index (χ2n) is 4.49. The van der Waals surface area contributed by atoms with Crippen molar-refractivity contribution in [1.29, 1.82) is 0 Å². The molecule has 2 aromatic carbocycles. The molecule has 2 nitrogen and oxygen atoms in total. The summed E-state index contributed by atoms with van der Waals surface area (Å²) in [6.45, 7) is 1.99. The first-order valence-corrected chi connectivity index (χ1v) is 7.18. The minimum atomic E-state index is -0.175. The molecule has 0 aromatic heterocycles. The van der Waals surface area contributed by atoms with Crippen molar-refractivity contribution in [3.63, 3.8) is 0 Å². The summed E-state index contributed by atoms with van der Waals surface area (Å²) in [5.41, 5.74) is 1.66. The van der Waals surface area contributed by atoms with E-state index < -0.39 is 0 Å². The number of nitrogens with one attached hydrogen (secondary N) is 1. The van der Waals surface area contributed by atoms with Gasteiger partial charge in [-0.1, -0.05) is 60.5 Å². The van der Waals surface area contributed by atoms with Crippen LogP contribution < -0.4 is 5.32 Å². The summed E-state index contributed by atoms with van der Waals surface area (Å²) in [6.07, 6.45) is 0.733. The quantitative estimate of drug-likeness (QED) is 0.834. The van der Waals surface area contributed by atoms with E-state index in [4.69, 9.17) is 23.2 Å². The molecule has 1 amide bonds. The molecule has 2 aromatic rings. The Morgan fingerprint density at radius 2 is 1.80 bits per heavy atom. The van der Waals surface area contributed by atoms with Gasteiger partial charge in [-0.05, 0) is 30.2 Å². The van der Waals surface area contributed by atoms with E-state index in [1.165, 1.54) is 0 Å². The summed E-state index contributed by atoms with van der Waals surface area (Å²) in [7, 11) is 0. The molecule has 0 aliphatic rings. The van der Waals surface area contributed by atoms with Gasteiger partial charge >= 0.3 is 0 Å². The fraction of sp³-hybridized carbons (Fsp3) is 0.188. The van der Waals surface area contributed by atoms with Crippen LogP contribution in [0.3, 0.4) is 0 Å². The Morgan fingerprint density at radius 1 is 1.10 bits per heavy atom. The number of hydrogen-bond donors (Lipinski definition) is 1. The Kier molecular flexibility index (Phi) is 5.05. The molecule has 0 aliphatic heterocycles. The zero-order valence-electron chi connectivity index (χ0n) is 11.1. The summed E-state index contributed by atoms with van der Waals surface area (Å²) in [5.74, 6) is -0.220. The highest BCUT2D eigenvalue weighted by Gasteiger charge is 2.18. The van der Waals surface area contributed by atoms with E-state index in [-0.39, 0.29) is 11.8 Å². The van der Waals surface area contributed by atoms with Crippen LogP contribution in [0.2, 0.25) is 10.0 Å². The number of anilines is 1. The monoisotopic (exact) mass is 307 g/mol. The topological polar surface area (TPSA) is 29.1 Å². The molecule has 2 rings (SSSR count). The number of amides is 1. The van der Waals surface area contributed by atoms with E-state index in [9.17, 15) is 4.79 Å². The molecule has 0 bridgehead atoms. The molecular weight excluding hydrogens is 293 g/mol. The SMILES string of the molecule is CC[C@@H](C(=O)Nc1ccc(Cl)c(Cl)c1)c1ccccc1. The Hall–Kier alpha value is -1.51. The number of rotatable bonds is 4. The highest BCUT2D eigenvalue weighted by atomic mass is 35.5. The van der Waals surface area contributed by atoms with Gasteiger partial charge in [-0.3, -0.25) is 4.79 Å². The first-order chi connectivity index (χ1) is 9.61. The smallest absolute Gasteiger partial charge is 0.231 e. The van der Waals surface area contributed by atoms with Gasteiger partial charge in [0.25, 0.3) is 0 Å². The van der Waals surface area contributed by atoms with Crippen LogP contribution in [0.4, 0.5) is 5.69 Å². The van der Waals surface area contributed by atoms with Gasteiger partial charge in [-0.25, -0.2) is 0 Å². The molecule has 0 unspecified atom stereocenters. The van der Waals surface area contributed by atoms with E-state index in [1.807, 2.05) is 37.3 Å². The third-order valence-electron chi connectivity index (χ3n) is 3.11. The Labute approximate surface area is 128 Å². The van der Waals surface area contributed by atoms with Crippen LogP contribution in [0, 0.1) is 0 Å². The molecule has 0 fully saturated rings. The fourth-order valence-electron chi connectivity index (χ4n) is 2.06. The summed E-state index contributed by atoms with van der Waals surface area (Å²) >= 11 is 11.8. The maximum absolute atomic E-state index is 12.4. The minimum absolute atomic E-state index is 0.0444. The fourth-order valence-corrected chi connectivity index (χ4v) is 2.36. The lowest BCUT2D eigenvalue weighted by Gasteiger charge is -2.15. The normalized spacial score (nSPS) is 11.9. The van der Waals surface area contributed by atoms with Gasteiger partial charge in [0.1, 0.15) is 0 Å². The maximum atomic E-state index is 12.4. The average molecular weight is 308 g/mol. The number of halogens is 2. The second-order valence-corrected chi connectivity index (χ2v) is 5.30. The molecule has 0 radical (unpaired) electrons. The van der Waals surface area contributed by atoms with Crippen molar-refractivity contribution in [2.45, 2.75) is 19.3 Å². The average Bonchev–Trinajstić information content (AvgIpc) is 2.45. The molecule has 4 heteroatoms. The number of carbonyl (C=O) groups is 1. The molecular formula is C16H15Cl2NO. The molecule has 0 aliphatic carbocycles. The lowest BCUT2D eigenvalue weighted by atomic mass is 9.95. The summed E-state index contributed by atoms with van der Waals surface area (Å²) in [6, 6.07) is 14.8. The van der Waals surface area contributed by atoms with Gasteiger partial charge < -0.3 is 5.32 Å². The van der Waals surface area contributed by atoms with Crippen LogP contribution >= 0.6 is 23.2 Å². The zero-order valence-corrected chi connectivity index (χ0v) is 12.6. The summed E-state index contributed by atoms with van der Waals surface area (Å²) in [4.78, 5) is 12.4. The Morgan fingerprint density at radius 3 is 2.40 bits per heavy atom. The predicted molar refractivity (Wildman–Crippen MR) is 84.6 cm³/mol. The van der Waals surface area contributed by atoms with Gasteiger partial charge in [0.05, 0.1) is 16.0 Å². The van der Waals surface area contributed by atoms with Crippen molar-refractivity contribution in [2.24, 2.45) is 0 Å². The predicted octanol–water partition coefficient (Wildman–Crippen LogP) is 5.13. The molecule has 104 valence electrons. The highest BCUT2D eigenvalue weighted by molar-refractivity contribution is 6.42. The van der Waals surface area contributed by atoms with Crippen LogP contribution in [-0.2, 0) is 4.79 Å². The first-order valence-electron chi connectivity index (χ1n) is 6.42. The number of hydrogen-bond acceptors (Lipinski definition) is 1. The van der Waals surface area contributed by atoms with Gasteiger partial charge in [-0.15, -0.1) is 0 Å². The molecule has 0 saturated carbocycles. The molecule has 0 heterocycles. The van der Waals surface area contributed by atoms with Crippen LogP contribution in [0.15, 0.2) is 48.5 Å². The van der Waals surface area contributed by atoms with Crippen LogP contribution in [0.25, 0.3) is 0 Å². The first kappa shape index (κ1) is 14.9. The standard InChI is InChI=1S/C16H15Cl2NO/c1-2-13(11-6-4-3-5-7-11)16(20)19-12-8-9-14(17)15(18)10-12/h3-10,13H,2H2,1H3,(H,19,20)/t13-/m1/s1. The van der Waals surface area contributed by atoms with Crippen molar-refractivity contribution in [1.82, 2.24) is 0 Å². The van der Waals surface area contributed by atoms with Crippen molar-refractivity contribution in [3.05, 3.63) is 64.1 Å². The largest absolute Gasteiger partial charge is 0.326 e. The van der Waals surface area contributed by atoms with Crippen LogP contribution in [0.1, 0.15) is 24.8 Å². The van der Waals surface area contributed by atoms with E-state index in [2.05, 4.69) is 5.32 Å². The second kappa shape index (κ2) is 6.78. The zero-order chi connectivity index (χ0) is 14.5. The van der Waals surface area contributed by atoms with E-state index in [1.54, 1.807) is 18.2 Å². The van der Waals surface area contributed by atoms with E-state index in [0.717, 1.165) is 12.0 Å². The third kappa shape index (κ3) is 3.53. The Balaban J connectivity index is 2.15. The van der Waals surface area contributed by atoms with Crippen molar-refractivity contribution in [2.75, 3.05) is 5.32 Å². The van der Waals surface area contributed by atoms with Crippen molar-refractivity contribution < 1.29 is 4.79 Å². The highest BCUT2D eigenvalue weighted by Crippen LogP contribution is 2.26. The number of carbonyl (C=O) groups excluding carboxylic acids is 1. The van der Waals surface area contributed by atoms with Gasteiger partial charge in [-0.2, -0.15) is 0 Å². The molecule has 1 N–H and O–H groups in total. The van der Waals surface area contributed by atoms with E-state index >= 15 is 0 Å². The third-order valence-corrected chi connectivity index (χ3v) is 3.85. The lowest BCUT2D eigenvalue weighted by molar-refractivity contribution is -0.117. The Bertz CT molecular complexity index is 599. The lowest BCUT2D eigenvalue weighted by Crippen LogP contribution is -2.20. The molecule has 20 heavy (non-hydrogen) atoms. The maximum Gasteiger partial charge on any atom is 0.231 e. The van der Waals surface area contributed by atoms with Gasteiger partial charge in [0.15, 0.2) is 0 Å². The molecule has 1 atom stereocenters. The van der Waals surface area contributed by atoms with E-state index in [0.29, 0.717) is 15.7 Å². The summed E-state index contributed by atoms with van der Waals surface area (Å²) < 4.78 is 0. The van der Waals surface area contributed by atoms with Crippen molar-refractivity contribution in [3.8, 4) is 0 Å². The van der Waals surface area contributed by atoms with Crippen molar-refractivity contribution >= 4 is 34.8 Å². The number of benzene rings is 2. The minimum Gasteiger partial charge on any atom is -0.326 e. The van der Waals surface area contributed by atoms with Gasteiger partial charge in [0.2, 0.25) is 5.91 Å².